The first-order valence-electron chi connectivity index (χ1n) is 7.03. The number of amides is 1. The first-order valence-corrected chi connectivity index (χ1v) is 7.66. The molecule has 20 heavy (non-hydrogen) atoms. The van der Waals surface area contributed by atoms with Crippen molar-refractivity contribution >= 4 is 18.5 Å². The number of rotatable bonds is 6. The van der Waals surface area contributed by atoms with Crippen LogP contribution in [0.4, 0.5) is 0 Å². The Kier molecular flexibility index (Phi) is 6.36. The SMILES string of the molecule is O=C(CC1CN(Cc2ccccc2)CCO1)NCCS. The fourth-order valence-corrected chi connectivity index (χ4v) is 2.48. The first-order chi connectivity index (χ1) is 9.78. The monoisotopic (exact) mass is 294 g/mol. The van der Waals surface area contributed by atoms with Crippen molar-refractivity contribution in [3.8, 4) is 0 Å². The van der Waals surface area contributed by atoms with E-state index in [-0.39, 0.29) is 12.0 Å². The molecule has 2 rings (SSSR count). The number of benzene rings is 1. The van der Waals surface area contributed by atoms with Crippen molar-refractivity contribution < 1.29 is 9.53 Å². The molecule has 1 aliphatic heterocycles. The summed E-state index contributed by atoms with van der Waals surface area (Å²) in [6.45, 7) is 3.95. The lowest BCUT2D eigenvalue weighted by atomic mass is 10.1. The van der Waals surface area contributed by atoms with E-state index in [0.29, 0.717) is 25.3 Å². The second-order valence-corrected chi connectivity index (χ2v) is 5.44. The Balaban J connectivity index is 1.78. The van der Waals surface area contributed by atoms with Gasteiger partial charge in [-0.1, -0.05) is 30.3 Å². The maximum absolute atomic E-state index is 11.7. The topological polar surface area (TPSA) is 41.6 Å². The molecule has 5 heteroatoms. The van der Waals surface area contributed by atoms with Crippen LogP contribution in [-0.2, 0) is 16.1 Å². The van der Waals surface area contributed by atoms with E-state index in [1.165, 1.54) is 5.56 Å². The summed E-state index contributed by atoms with van der Waals surface area (Å²) in [5.74, 6) is 0.711. The lowest BCUT2D eigenvalue weighted by Crippen LogP contribution is -2.44. The maximum Gasteiger partial charge on any atom is 0.222 e. The minimum atomic E-state index is -0.00706. The molecule has 110 valence electrons. The summed E-state index contributed by atoms with van der Waals surface area (Å²) in [5, 5.41) is 2.83. The van der Waals surface area contributed by atoms with Crippen molar-refractivity contribution in [2.45, 2.75) is 19.1 Å². The number of nitrogens with zero attached hydrogens (tertiary/aromatic N) is 1. The van der Waals surface area contributed by atoms with Gasteiger partial charge in [0.1, 0.15) is 0 Å². The number of carbonyl (C=O) groups excluding carboxylic acids is 1. The van der Waals surface area contributed by atoms with Gasteiger partial charge in [0.25, 0.3) is 0 Å². The molecule has 0 aliphatic carbocycles. The highest BCUT2D eigenvalue weighted by Crippen LogP contribution is 2.12. The fourth-order valence-electron chi connectivity index (χ4n) is 2.36. The third-order valence-corrected chi connectivity index (χ3v) is 3.54. The third kappa shape index (κ3) is 5.15. The van der Waals surface area contributed by atoms with Gasteiger partial charge in [-0.3, -0.25) is 9.69 Å². The van der Waals surface area contributed by atoms with Crippen molar-refractivity contribution in [3.63, 3.8) is 0 Å². The smallest absolute Gasteiger partial charge is 0.222 e. The van der Waals surface area contributed by atoms with Gasteiger partial charge in [-0.2, -0.15) is 12.6 Å². The second kappa shape index (κ2) is 8.29. The number of thiol groups is 1. The molecule has 1 unspecified atom stereocenters. The molecule has 1 aromatic rings. The number of hydrogen-bond acceptors (Lipinski definition) is 4. The number of nitrogens with one attached hydrogen (secondary N) is 1. The van der Waals surface area contributed by atoms with Crippen LogP contribution in [0.1, 0.15) is 12.0 Å². The summed E-state index contributed by atoms with van der Waals surface area (Å²) >= 11 is 4.08. The van der Waals surface area contributed by atoms with Gasteiger partial charge in [-0.15, -0.1) is 0 Å². The Hall–Kier alpha value is -1.04. The molecule has 0 spiro atoms. The quantitative estimate of drug-likeness (QED) is 0.778. The highest BCUT2D eigenvalue weighted by molar-refractivity contribution is 7.80. The lowest BCUT2D eigenvalue weighted by molar-refractivity contribution is -0.126. The van der Waals surface area contributed by atoms with E-state index in [9.17, 15) is 4.79 Å². The molecular formula is C15H22N2O2S. The van der Waals surface area contributed by atoms with Gasteiger partial charge in [0.05, 0.1) is 19.1 Å². The van der Waals surface area contributed by atoms with Gasteiger partial charge in [-0.05, 0) is 5.56 Å². The van der Waals surface area contributed by atoms with E-state index in [0.717, 1.165) is 19.6 Å². The predicted octanol–water partition coefficient (Wildman–Crippen LogP) is 1.32. The van der Waals surface area contributed by atoms with Crippen molar-refractivity contribution in [2.24, 2.45) is 0 Å². The average Bonchev–Trinajstić information content (AvgIpc) is 2.46. The molecule has 1 atom stereocenters. The lowest BCUT2D eigenvalue weighted by Gasteiger charge is -2.32. The minimum absolute atomic E-state index is 0.00706. The molecule has 1 aromatic carbocycles. The van der Waals surface area contributed by atoms with E-state index in [2.05, 4.69) is 47.1 Å². The minimum Gasteiger partial charge on any atom is -0.375 e. The van der Waals surface area contributed by atoms with Crippen LogP contribution in [-0.4, -0.2) is 48.9 Å². The normalized spacial score (nSPS) is 19.8. The number of hydrogen-bond donors (Lipinski definition) is 2. The summed E-state index contributed by atoms with van der Waals surface area (Å²) in [5.41, 5.74) is 1.30. The zero-order chi connectivity index (χ0) is 14.2. The van der Waals surface area contributed by atoms with E-state index in [4.69, 9.17) is 4.74 Å². The van der Waals surface area contributed by atoms with Gasteiger partial charge in [0.2, 0.25) is 5.91 Å². The first kappa shape index (κ1) is 15.4. The van der Waals surface area contributed by atoms with Gasteiger partial charge >= 0.3 is 0 Å². The summed E-state index contributed by atoms with van der Waals surface area (Å²) < 4.78 is 5.67. The zero-order valence-electron chi connectivity index (χ0n) is 11.6. The summed E-state index contributed by atoms with van der Waals surface area (Å²) in [6.07, 6.45) is 0.423. The number of carbonyl (C=O) groups is 1. The highest BCUT2D eigenvalue weighted by atomic mass is 32.1. The van der Waals surface area contributed by atoms with Crippen LogP contribution in [0, 0.1) is 0 Å². The molecule has 0 radical (unpaired) electrons. The van der Waals surface area contributed by atoms with Crippen LogP contribution in [0.3, 0.4) is 0 Å². The average molecular weight is 294 g/mol. The van der Waals surface area contributed by atoms with Crippen LogP contribution in [0.25, 0.3) is 0 Å². The van der Waals surface area contributed by atoms with Gasteiger partial charge in [0.15, 0.2) is 0 Å². The van der Waals surface area contributed by atoms with E-state index < -0.39 is 0 Å². The second-order valence-electron chi connectivity index (χ2n) is 4.99. The highest BCUT2D eigenvalue weighted by Gasteiger charge is 2.22. The van der Waals surface area contributed by atoms with Gasteiger partial charge in [0, 0.05) is 31.9 Å². The molecule has 0 aromatic heterocycles. The van der Waals surface area contributed by atoms with Crippen LogP contribution in [0.15, 0.2) is 30.3 Å². The molecular weight excluding hydrogens is 272 g/mol. The maximum atomic E-state index is 11.7. The summed E-state index contributed by atoms with van der Waals surface area (Å²) in [7, 11) is 0. The van der Waals surface area contributed by atoms with Crippen LogP contribution < -0.4 is 5.32 Å². The fraction of sp³-hybridized carbons (Fsp3) is 0.533. The summed E-state index contributed by atoms with van der Waals surface area (Å²) in [4.78, 5) is 14.0. The van der Waals surface area contributed by atoms with Crippen molar-refractivity contribution in [3.05, 3.63) is 35.9 Å². The van der Waals surface area contributed by atoms with Crippen molar-refractivity contribution in [1.29, 1.82) is 0 Å². The molecule has 4 nitrogen and oxygen atoms in total. The Morgan fingerprint density at radius 1 is 1.40 bits per heavy atom. The molecule has 1 N–H and O–H groups in total. The van der Waals surface area contributed by atoms with Crippen molar-refractivity contribution in [1.82, 2.24) is 10.2 Å². The van der Waals surface area contributed by atoms with Crippen molar-refractivity contribution in [2.75, 3.05) is 32.0 Å². The predicted molar refractivity (Wildman–Crippen MR) is 82.9 cm³/mol. The van der Waals surface area contributed by atoms with E-state index in [1.54, 1.807) is 0 Å². The van der Waals surface area contributed by atoms with Crippen LogP contribution in [0.2, 0.25) is 0 Å². The van der Waals surface area contributed by atoms with E-state index >= 15 is 0 Å². The van der Waals surface area contributed by atoms with Gasteiger partial charge in [-0.25, -0.2) is 0 Å². The standard InChI is InChI=1S/C15H22N2O2S/c18-15(16-6-9-20)10-14-12-17(7-8-19-14)11-13-4-2-1-3-5-13/h1-5,14,20H,6-12H2,(H,16,18). The molecule has 0 saturated carbocycles. The van der Waals surface area contributed by atoms with Crippen LogP contribution >= 0.6 is 12.6 Å². The molecule has 1 aliphatic rings. The van der Waals surface area contributed by atoms with Crippen LogP contribution in [0.5, 0.6) is 0 Å². The number of morpholine rings is 1. The summed E-state index contributed by atoms with van der Waals surface area (Å²) in [6, 6.07) is 10.4. The largest absolute Gasteiger partial charge is 0.375 e. The Morgan fingerprint density at radius 2 is 2.20 bits per heavy atom. The Labute approximate surface area is 125 Å². The Morgan fingerprint density at radius 3 is 2.95 bits per heavy atom. The molecule has 1 amide bonds. The molecule has 0 bridgehead atoms. The third-order valence-electron chi connectivity index (χ3n) is 3.32. The van der Waals surface area contributed by atoms with Gasteiger partial charge < -0.3 is 10.1 Å². The number of ether oxygens (including phenoxy) is 1. The molecule has 1 heterocycles. The molecule has 1 saturated heterocycles. The zero-order valence-corrected chi connectivity index (χ0v) is 12.5. The Bertz CT molecular complexity index is 414. The molecule has 1 fully saturated rings. The van der Waals surface area contributed by atoms with E-state index in [1.807, 2.05) is 6.07 Å².